The third-order valence-corrected chi connectivity index (χ3v) is 2.68. The molecule has 7 heteroatoms. The van der Waals surface area contributed by atoms with Crippen LogP contribution in [0.1, 0.15) is 33.1 Å². The highest BCUT2D eigenvalue weighted by atomic mass is 16.5. The van der Waals surface area contributed by atoms with Crippen molar-refractivity contribution in [1.29, 1.82) is 0 Å². The van der Waals surface area contributed by atoms with Gasteiger partial charge in [0.05, 0.1) is 39.6 Å². The normalized spacial score (nSPS) is 10.5. The predicted molar refractivity (Wildman–Crippen MR) is 83.7 cm³/mol. The zero-order chi connectivity index (χ0) is 16.5. The summed E-state index contributed by atoms with van der Waals surface area (Å²) < 4.78 is 15.9. The molecule has 2 N–H and O–H groups in total. The highest BCUT2D eigenvalue weighted by molar-refractivity contribution is 5.75. The minimum atomic E-state index is 0.0304. The van der Waals surface area contributed by atoms with Crippen molar-refractivity contribution in [1.82, 2.24) is 10.6 Å². The van der Waals surface area contributed by atoms with Gasteiger partial charge in [-0.25, -0.2) is 0 Å². The van der Waals surface area contributed by atoms with Crippen LogP contribution in [0, 0.1) is 0 Å². The van der Waals surface area contributed by atoms with Crippen molar-refractivity contribution < 1.29 is 23.8 Å². The number of hydrogen-bond acceptors (Lipinski definition) is 5. The average molecular weight is 318 g/mol. The molecule has 2 amide bonds. The smallest absolute Gasteiger partial charge is 0.220 e. The summed E-state index contributed by atoms with van der Waals surface area (Å²) in [6.45, 7) is 7.81. The summed E-state index contributed by atoms with van der Waals surface area (Å²) in [7, 11) is 0. The Labute approximate surface area is 133 Å². The number of hydrogen-bond donors (Lipinski definition) is 2. The Morgan fingerprint density at radius 2 is 1.18 bits per heavy atom. The molecule has 130 valence electrons. The van der Waals surface area contributed by atoms with Gasteiger partial charge < -0.3 is 24.8 Å². The maximum absolute atomic E-state index is 11.2. The van der Waals surface area contributed by atoms with Gasteiger partial charge >= 0.3 is 0 Å². The average Bonchev–Trinajstić information content (AvgIpc) is 2.51. The molecule has 0 aliphatic carbocycles. The summed E-state index contributed by atoms with van der Waals surface area (Å²) in [6, 6.07) is 0. The van der Waals surface area contributed by atoms with Gasteiger partial charge in [-0.1, -0.05) is 13.8 Å². The van der Waals surface area contributed by atoms with Crippen LogP contribution in [0.5, 0.6) is 0 Å². The number of carbonyl (C=O) groups excluding carboxylic acids is 2. The van der Waals surface area contributed by atoms with E-state index in [1.54, 1.807) is 0 Å². The van der Waals surface area contributed by atoms with Gasteiger partial charge in [0.15, 0.2) is 0 Å². The van der Waals surface area contributed by atoms with Gasteiger partial charge in [0.1, 0.15) is 0 Å². The van der Waals surface area contributed by atoms with Crippen LogP contribution in [-0.2, 0) is 23.8 Å². The molecule has 0 bridgehead atoms. The Kier molecular flexibility index (Phi) is 15.3. The van der Waals surface area contributed by atoms with E-state index in [0.717, 1.165) is 6.42 Å². The van der Waals surface area contributed by atoms with E-state index >= 15 is 0 Å². The molecule has 0 aliphatic rings. The maximum Gasteiger partial charge on any atom is 0.220 e. The van der Waals surface area contributed by atoms with Gasteiger partial charge in [0.2, 0.25) is 11.8 Å². The third kappa shape index (κ3) is 15.2. The van der Waals surface area contributed by atoms with Crippen LogP contribution in [0.3, 0.4) is 0 Å². The summed E-state index contributed by atoms with van der Waals surface area (Å²) >= 11 is 0. The SMILES string of the molecule is CCCC(=O)NCCOCCOCCOCCNC(=O)CC. The van der Waals surface area contributed by atoms with Crippen molar-refractivity contribution in [2.24, 2.45) is 0 Å². The topological polar surface area (TPSA) is 85.9 Å². The lowest BCUT2D eigenvalue weighted by Crippen LogP contribution is -2.27. The fraction of sp³-hybridized carbons (Fsp3) is 0.867. The molecule has 0 saturated heterocycles. The van der Waals surface area contributed by atoms with Gasteiger partial charge in [-0.2, -0.15) is 0 Å². The maximum atomic E-state index is 11.2. The van der Waals surface area contributed by atoms with Crippen LogP contribution >= 0.6 is 0 Å². The van der Waals surface area contributed by atoms with Crippen molar-refractivity contribution >= 4 is 11.8 Å². The van der Waals surface area contributed by atoms with E-state index in [2.05, 4.69) is 10.6 Å². The Hall–Kier alpha value is -1.18. The first-order valence-corrected chi connectivity index (χ1v) is 7.97. The second kappa shape index (κ2) is 16.2. The lowest BCUT2D eigenvalue weighted by molar-refractivity contribution is -0.122. The minimum Gasteiger partial charge on any atom is -0.377 e. The molecule has 7 nitrogen and oxygen atoms in total. The number of ether oxygens (including phenoxy) is 3. The molecule has 0 heterocycles. The molecule has 0 spiro atoms. The van der Waals surface area contributed by atoms with Gasteiger partial charge in [-0.15, -0.1) is 0 Å². The zero-order valence-corrected chi connectivity index (χ0v) is 13.8. The van der Waals surface area contributed by atoms with Crippen LogP contribution in [-0.4, -0.2) is 64.5 Å². The first-order chi connectivity index (χ1) is 10.7. The van der Waals surface area contributed by atoms with E-state index in [-0.39, 0.29) is 11.8 Å². The molecular formula is C15H30N2O5. The second-order valence-electron chi connectivity index (χ2n) is 4.64. The van der Waals surface area contributed by atoms with E-state index in [4.69, 9.17) is 14.2 Å². The zero-order valence-electron chi connectivity index (χ0n) is 13.8. The van der Waals surface area contributed by atoms with Gasteiger partial charge in [0.25, 0.3) is 0 Å². The van der Waals surface area contributed by atoms with E-state index in [9.17, 15) is 9.59 Å². The molecule has 0 aromatic heterocycles. The number of carbonyl (C=O) groups is 2. The molecule has 0 aliphatic heterocycles. The lowest BCUT2D eigenvalue weighted by Gasteiger charge is -2.08. The van der Waals surface area contributed by atoms with Crippen LogP contribution in [0.2, 0.25) is 0 Å². The molecule has 0 unspecified atom stereocenters. The van der Waals surface area contributed by atoms with Crippen LogP contribution in [0.25, 0.3) is 0 Å². The predicted octanol–water partition coefficient (Wildman–Crippen LogP) is 0.479. The van der Waals surface area contributed by atoms with E-state index < -0.39 is 0 Å². The number of amides is 2. The van der Waals surface area contributed by atoms with E-state index in [0.29, 0.717) is 65.6 Å². The molecule has 0 fully saturated rings. The molecule has 0 atom stereocenters. The largest absolute Gasteiger partial charge is 0.377 e. The molecule has 0 aromatic carbocycles. The van der Waals surface area contributed by atoms with Crippen molar-refractivity contribution in [3.05, 3.63) is 0 Å². The molecular weight excluding hydrogens is 288 g/mol. The quantitative estimate of drug-likeness (QED) is 0.429. The number of rotatable bonds is 15. The van der Waals surface area contributed by atoms with Crippen molar-refractivity contribution in [3.8, 4) is 0 Å². The standard InChI is InChI=1S/C15H30N2O5/c1-3-5-15(19)17-7-9-21-11-13-22-12-10-20-8-6-16-14(18)4-2/h3-13H2,1-2H3,(H,16,18)(H,17,19). The lowest BCUT2D eigenvalue weighted by atomic mass is 10.3. The van der Waals surface area contributed by atoms with E-state index in [1.807, 2.05) is 13.8 Å². The van der Waals surface area contributed by atoms with E-state index in [1.165, 1.54) is 0 Å². The summed E-state index contributed by atoms with van der Waals surface area (Å²) in [6.07, 6.45) is 1.91. The third-order valence-electron chi connectivity index (χ3n) is 2.68. The molecule has 0 rings (SSSR count). The van der Waals surface area contributed by atoms with Crippen molar-refractivity contribution in [2.45, 2.75) is 33.1 Å². The van der Waals surface area contributed by atoms with Crippen molar-refractivity contribution in [3.63, 3.8) is 0 Å². The van der Waals surface area contributed by atoms with Crippen LogP contribution < -0.4 is 10.6 Å². The Morgan fingerprint density at radius 3 is 1.64 bits per heavy atom. The van der Waals surface area contributed by atoms with Crippen LogP contribution in [0.15, 0.2) is 0 Å². The Balaban J connectivity index is 3.08. The van der Waals surface area contributed by atoms with Crippen molar-refractivity contribution in [2.75, 3.05) is 52.7 Å². The highest BCUT2D eigenvalue weighted by Gasteiger charge is 1.98. The molecule has 0 radical (unpaired) electrons. The Morgan fingerprint density at radius 1 is 0.727 bits per heavy atom. The minimum absolute atomic E-state index is 0.0304. The molecule has 22 heavy (non-hydrogen) atoms. The summed E-state index contributed by atoms with van der Waals surface area (Å²) in [5.74, 6) is 0.0949. The fourth-order valence-electron chi connectivity index (χ4n) is 1.51. The first kappa shape index (κ1) is 20.8. The number of nitrogens with one attached hydrogen (secondary N) is 2. The van der Waals surface area contributed by atoms with Gasteiger partial charge in [0, 0.05) is 25.9 Å². The highest BCUT2D eigenvalue weighted by Crippen LogP contribution is 1.85. The first-order valence-electron chi connectivity index (χ1n) is 7.97. The summed E-state index contributed by atoms with van der Waals surface area (Å²) in [5.41, 5.74) is 0. The van der Waals surface area contributed by atoms with Gasteiger partial charge in [-0.3, -0.25) is 9.59 Å². The molecule has 0 saturated carbocycles. The Bertz CT molecular complexity index is 287. The fourth-order valence-corrected chi connectivity index (χ4v) is 1.51. The summed E-state index contributed by atoms with van der Waals surface area (Å²) in [5, 5.41) is 5.50. The second-order valence-corrected chi connectivity index (χ2v) is 4.64. The summed E-state index contributed by atoms with van der Waals surface area (Å²) in [4.78, 5) is 22.1. The monoisotopic (exact) mass is 318 g/mol. The molecule has 0 aromatic rings. The van der Waals surface area contributed by atoms with Gasteiger partial charge in [-0.05, 0) is 6.42 Å². The van der Waals surface area contributed by atoms with Crippen LogP contribution in [0.4, 0.5) is 0 Å².